The van der Waals surface area contributed by atoms with E-state index in [-0.39, 0.29) is 23.7 Å². The fraction of sp³-hybridized carbons (Fsp3) is 0.100. The summed E-state index contributed by atoms with van der Waals surface area (Å²) in [4.78, 5) is 36.1. The summed E-state index contributed by atoms with van der Waals surface area (Å²) in [7, 11) is 0. The van der Waals surface area contributed by atoms with E-state index in [9.17, 15) is 14.4 Å². The van der Waals surface area contributed by atoms with Gasteiger partial charge in [-0.05, 0) is 42.5 Å². The van der Waals surface area contributed by atoms with Crippen molar-refractivity contribution in [2.45, 2.75) is 0 Å². The number of anilines is 1. The number of amides is 3. The molecule has 8 nitrogen and oxygen atoms in total. The SMILES string of the molecule is O=C(CNC(=O)c1ccc(Cl)cc1Cl)NCC(=O)Nc1cccc(-n2cccn2)c1. The van der Waals surface area contributed by atoms with Crippen LogP contribution in [0.4, 0.5) is 5.69 Å². The molecule has 0 aliphatic heterocycles. The van der Waals surface area contributed by atoms with Gasteiger partial charge in [-0.2, -0.15) is 5.10 Å². The smallest absolute Gasteiger partial charge is 0.253 e. The van der Waals surface area contributed by atoms with Gasteiger partial charge in [0.05, 0.1) is 29.4 Å². The van der Waals surface area contributed by atoms with Crippen molar-refractivity contribution in [2.24, 2.45) is 0 Å². The second kappa shape index (κ2) is 9.91. The molecule has 0 unspecified atom stereocenters. The van der Waals surface area contributed by atoms with E-state index in [1.165, 1.54) is 18.2 Å². The van der Waals surface area contributed by atoms with E-state index >= 15 is 0 Å². The first kappa shape index (κ1) is 21.4. The van der Waals surface area contributed by atoms with Crippen molar-refractivity contribution in [1.82, 2.24) is 20.4 Å². The zero-order valence-corrected chi connectivity index (χ0v) is 17.1. The predicted octanol–water partition coefficient (Wildman–Crippen LogP) is 2.66. The minimum Gasteiger partial charge on any atom is -0.345 e. The van der Waals surface area contributed by atoms with Crippen molar-refractivity contribution in [3.05, 3.63) is 76.5 Å². The van der Waals surface area contributed by atoms with Crippen molar-refractivity contribution >= 4 is 46.6 Å². The molecule has 0 atom stereocenters. The van der Waals surface area contributed by atoms with E-state index in [1.807, 2.05) is 6.07 Å². The summed E-state index contributed by atoms with van der Waals surface area (Å²) in [6.07, 6.45) is 3.44. The predicted molar refractivity (Wildman–Crippen MR) is 114 cm³/mol. The molecule has 0 saturated heterocycles. The molecule has 0 spiro atoms. The fourth-order valence-electron chi connectivity index (χ4n) is 2.52. The Labute approximate surface area is 182 Å². The number of halogens is 2. The maximum Gasteiger partial charge on any atom is 0.253 e. The summed E-state index contributed by atoms with van der Waals surface area (Å²) in [6, 6.07) is 13.3. The summed E-state index contributed by atoms with van der Waals surface area (Å²) in [6.45, 7) is -0.553. The van der Waals surface area contributed by atoms with Crippen LogP contribution < -0.4 is 16.0 Å². The molecule has 2 aromatic carbocycles. The molecule has 0 fully saturated rings. The highest BCUT2D eigenvalue weighted by atomic mass is 35.5. The third-order valence-electron chi connectivity index (χ3n) is 3.93. The third kappa shape index (κ3) is 5.82. The minimum atomic E-state index is -0.522. The lowest BCUT2D eigenvalue weighted by Crippen LogP contribution is -2.40. The van der Waals surface area contributed by atoms with Gasteiger partial charge in [0.15, 0.2) is 0 Å². The normalized spacial score (nSPS) is 10.3. The number of rotatable bonds is 7. The lowest BCUT2D eigenvalue weighted by molar-refractivity contribution is -0.123. The van der Waals surface area contributed by atoms with Gasteiger partial charge in [-0.15, -0.1) is 0 Å². The molecular weight excluding hydrogens is 429 g/mol. The molecular formula is C20H17Cl2N5O3. The van der Waals surface area contributed by atoms with Gasteiger partial charge >= 0.3 is 0 Å². The Bertz CT molecular complexity index is 1070. The van der Waals surface area contributed by atoms with Crippen LogP contribution >= 0.6 is 23.2 Å². The summed E-state index contributed by atoms with van der Waals surface area (Å²) in [5.74, 6) is -1.45. The van der Waals surface area contributed by atoms with Gasteiger partial charge < -0.3 is 16.0 Å². The topological polar surface area (TPSA) is 105 Å². The molecule has 3 N–H and O–H groups in total. The van der Waals surface area contributed by atoms with E-state index in [1.54, 1.807) is 41.3 Å². The fourth-order valence-corrected chi connectivity index (χ4v) is 3.02. The second-order valence-electron chi connectivity index (χ2n) is 6.13. The molecule has 10 heteroatoms. The van der Waals surface area contributed by atoms with Crippen LogP contribution in [0, 0.1) is 0 Å². The Morgan fingerprint density at radius 2 is 1.73 bits per heavy atom. The quantitative estimate of drug-likeness (QED) is 0.519. The number of carbonyl (C=O) groups is 3. The van der Waals surface area contributed by atoms with Crippen LogP contribution in [0.5, 0.6) is 0 Å². The Morgan fingerprint density at radius 1 is 0.933 bits per heavy atom. The van der Waals surface area contributed by atoms with Crippen LogP contribution in [0.3, 0.4) is 0 Å². The zero-order chi connectivity index (χ0) is 21.5. The van der Waals surface area contributed by atoms with Crippen LogP contribution in [-0.2, 0) is 9.59 Å². The Morgan fingerprint density at radius 3 is 2.47 bits per heavy atom. The van der Waals surface area contributed by atoms with Crippen molar-refractivity contribution in [2.75, 3.05) is 18.4 Å². The lowest BCUT2D eigenvalue weighted by Gasteiger charge is -2.10. The molecule has 0 aliphatic carbocycles. The number of nitrogens with one attached hydrogen (secondary N) is 3. The maximum atomic E-state index is 12.1. The van der Waals surface area contributed by atoms with Gasteiger partial charge in [-0.1, -0.05) is 29.3 Å². The molecule has 0 saturated carbocycles. The molecule has 0 aliphatic rings. The highest BCUT2D eigenvalue weighted by Gasteiger charge is 2.13. The molecule has 3 rings (SSSR count). The maximum absolute atomic E-state index is 12.1. The van der Waals surface area contributed by atoms with Crippen LogP contribution in [0.25, 0.3) is 5.69 Å². The molecule has 30 heavy (non-hydrogen) atoms. The van der Waals surface area contributed by atoms with Gasteiger partial charge in [0.2, 0.25) is 11.8 Å². The summed E-state index contributed by atoms with van der Waals surface area (Å²) < 4.78 is 1.66. The Hall–Kier alpha value is -3.36. The number of hydrogen-bond acceptors (Lipinski definition) is 4. The summed E-state index contributed by atoms with van der Waals surface area (Å²) >= 11 is 11.7. The van der Waals surface area contributed by atoms with E-state index < -0.39 is 17.7 Å². The van der Waals surface area contributed by atoms with Crippen LogP contribution in [0.15, 0.2) is 60.9 Å². The van der Waals surface area contributed by atoms with Gasteiger partial charge in [-0.3, -0.25) is 14.4 Å². The van der Waals surface area contributed by atoms with Crippen molar-refractivity contribution in [3.63, 3.8) is 0 Å². The van der Waals surface area contributed by atoms with Crippen LogP contribution in [0.1, 0.15) is 10.4 Å². The van der Waals surface area contributed by atoms with E-state index in [4.69, 9.17) is 23.2 Å². The largest absolute Gasteiger partial charge is 0.345 e. The average molecular weight is 446 g/mol. The van der Waals surface area contributed by atoms with E-state index in [0.29, 0.717) is 10.7 Å². The minimum absolute atomic E-state index is 0.178. The first-order chi connectivity index (χ1) is 14.4. The highest BCUT2D eigenvalue weighted by molar-refractivity contribution is 6.36. The monoisotopic (exact) mass is 445 g/mol. The van der Waals surface area contributed by atoms with Gasteiger partial charge in [0.25, 0.3) is 5.91 Å². The van der Waals surface area contributed by atoms with Gasteiger partial charge in [0, 0.05) is 23.1 Å². The van der Waals surface area contributed by atoms with Gasteiger partial charge in [0.1, 0.15) is 0 Å². The first-order valence-electron chi connectivity index (χ1n) is 8.82. The molecule has 3 amide bonds. The average Bonchev–Trinajstić information content (AvgIpc) is 3.25. The number of benzene rings is 2. The number of nitrogens with zero attached hydrogens (tertiary/aromatic N) is 2. The van der Waals surface area contributed by atoms with Crippen LogP contribution in [-0.4, -0.2) is 40.6 Å². The first-order valence-corrected chi connectivity index (χ1v) is 9.58. The zero-order valence-electron chi connectivity index (χ0n) is 15.6. The number of aromatic nitrogens is 2. The molecule has 154 valence electrons. The molecule has 1 aromatic heterocycles. The Kier molecular flexibility index (Phi) is 7.05. The standard InChI is InChI=1S/C20H17Cl2N5O3/c21-13-5-6-16(17(22)9-13)20(30)24-11-18(28)23-12-19(29)26-14-3-1-4-15(10-14)27-8-2-7-25-27/h1-10H,11-12H2,(H,23,28)(H,24,30)(H,26,29). The van der Waals surface area contributed by atoms with Gasteiger partial charge in [-0.25, -0.2) is 4.68 Å². The number of hydrogen-bond donors (Lipinski definition) is 3. The summed E-state index contributed by atoms with van der Waals surface area (Å²) in [5, 5.41) is 12.3. The van der Waals surface area contributed by atoms with Crippen molar-refractivity contribution in [1.29, 1.82) is 0 Å². The van der Waals surface area contributed by atoms with E-state index in [0.717, 1.165) is 5.69 Å². The molecule has 3 aromatic rings. The van der Waals surface area contributed by atoms with Crippen molar-refractivity contribution < 1.29 is 14.4 Å². The summed E-state index contributed by atoms with van der Waals surface area (Å²) in [5.41, 5.74) is 1.54. The molecule has 0 bridgehead atoms. The van der Waals surface area contributed by atoms with Crippen molar-refractivity contribution in [3.8, 4) is 5.69 Å². The number of carbonyl (C=O) groups excluding carboxylic acids is 3. The Balaban J connectivity index is 1.45. The van der Waals surface area contributed by atoms with Crippen LogP contribution in [0.2, 0.25) is 10.0 Å². The molecule has 1 heterocycles. The highest BCUT2D eigenvalue weighted by Crippen LogP contribution is 2.20. The third-order valence-corrected chi connectivity index (χ3v) is 4.48. The molecule has 0 radical (unpaired) electrons. The van der Waals surface area contributed by atoms with E-state index in [2.05, 4.69) is 21.0 Å². The lowest BCUT2D eigenvalue weighted by atomic mass is 10.2. The second-order valence-corrected chi connectivity index (χ2v) is 6.98.